The normalized spacial score (nSPS) is 18.9. The van der Waals surface area contributed by atoms with Crippen molar-refractivity contribution in [2.75, 3.05) is 16.6 Å². The van der Waals surface area contributed by atoms with Gasteiger partial charge in [-0.3, -0.25) is 9.10 Å². The number of amides is 1. The van der Waals surface area contributed by atoms with Crippen LogP contribution in [-0.2, 0) is 14.8 Å². The van der Waals surface area contributed by atoms with Gasteiger partial charge >= 0.3 is 0 Å². The Bertz CT molecular complexity index is 570. The zero-order chi connectivity index (χ0) is 13.3. The van der Waals surface area contributed by atoms with Gasteiger partial charge in [-0.25, -0.2) is 8.42 Å². The van der Waals surface area contributed by atoms with Gasteiger partial charge in [-0.1, -0.05) is 12.1 Å². The molecule has 1 unspecified atom stereocenters. The maximum absolute atomic E-state index is 12.0. The van der Waals surface area contributed by atoms with Crippen molar-refractivity contribution >= 4 is 21.6 Å². The van der Waals surface area contributed by atoms with Gasteiger partial charge in [0.05, 0.1) is 18.0 Å². The van der Waals surface area contributed by atoms with Gasteiger partial charge in [-0.15, -0.1) is 0 Å². The highest BCUT2D eigenvalue weighted by molar-refractivity contribution is 7.92. The van der Waals surface area contributed by atoms with Crippen molar-refractivity contribution < 1.29 is 17.9 Å². The first kappa shape index (κ1) is 12.7. The Morgan fingerprint density at radius 1 is 1.50 bits per heavy atom. The van der Waals surface area contributed by atoms with Gasteiger partial charge in [0.15, 0.2) is 6.10 Å². The molecule has 1 aliphatic rings. The van der Waals surface area contributed by atoms with Crippen molar-refractivity contribution in [1.29, 1.82) is 0 Å². The number of rotatable bonds is 3. The fourth-order valence-corrected chi connectivity index (χ4v) is 2.89. The molecule has 1 amide bonds. The van der Waals surface area contributed by atoms with Crippen LogP contribution in [0.15, 0.2) is 24.3 Å². The molecule has 1 aliphatic heterocycles. The van der Waals surface area contributed by atoms with E-state index in [1.165, 1.54) is 4.31 Å². The van der Waals surface area contributed by atoms with Gasteiger partial charge in [0.2, 0.25) is 10.0 Å². The SMILES string of the molecule is CCS(=O)(=O)N1CC(C(N)=O)Oc2ccccc21. The van der Waals surface area contributed by atoms with Gasteiger partial charge in [-0.05, 0) is 19.1 Å². The lowest BCUT2D eigenvalue weighted by molar-refractivity contribution is -0.124. The van der Waals surface area contributed by atoms with E-state index in [0.717, 1.165) is 0 Å². The molecular formula is C11H14N2O4S. The number of carbonyl (C=O) groups excluding carboxylic acids is 1. The predicted octanol–water partition coefficient (Wildman–Crippen LogP) is 0.0890. The van der Waals surface area contributed by atoms with E-state index in [0.29, 0.717) is 11.4 Å². The predicted molar refractivity (Wildman–Crippen MR) is 66.9 cm³/mol. The van der Waals surface area contributed by atoms with Crippen LogP contribution >= 0.6 is 0 Å². The highest BCUT2D eigenvalue weighted by atomic mass is 32.2. The Labute approximate surface area is 105 Å². The van der Waals surface area contributed by atoms with Crippen LogP contribution in [0.2, 0.25) is 0 Å². The Kier molecular flexibility index (Phi) is 3.16. The number of ether oxygens (including phenoxy) is 1. The van der Waals surface area contributed by atoms with E-state index in [1.54, 1.807) is 31.2 Å². The lowest BCUT2D eigenvalue weighted by atomic mass is 10.2. The molecule has 0 spiro atoms. The standard InChI is InChI=1S/C11H14N2O4S/c1-2-18(15,16)13-7-10(11(12)14)17-9-6-4-3-5-8(9)13/h3-6,10H,2,7H2,1H3,(H2,12,14). The van der Waals surface area contributed by atoms with E-state index in [9.17, 15) is 13.2 Å². The summed E-state index contributed by atoms with van der Waals surface area (Å²) in [6.45, 7) is 1.47. The van der Waals surface area contributed by atoms with Gasteiger partial charge in [-0.2, -0.15) is 0 Å². The van der Waals surface area contributed by atoms with E-state index >= 15 is 0 Å². The summed E-state index contributed by atoms with van der Waals surface area (Å²) in [5.74, 6) is -0.377. The molecule has 0 aromatic heterocycles. The number of nitrogens with two attached hydrogens (primary N) is 1. The zero-order valence-electron chi connectivity index (χ0n) is 9.87. The Balaban J connectivity index is 2.50. The van der Waals surface area contributed by atoms with E-state index in [4.69, 9.17) is 10.5 Å². The van der Waals surface area contributed by atoms with Crippen LogP contribution in [0.3, 0.4) is 0 Å². The van der Waals surface area contributed by atoms with Gasteiger partial charge in [0.1, 0.15) is 5.75 Å². The van der Waals surface area contributed by atoms with Gasteiger partial charge < -0.3 is 10.5 Å². The molecular weight excluding hydrogens is 256 g/mol. The summed E-state index contributed by atoms with van der Waals surface area (Å²) < 4.78 is 30.6. The van der Waals surface area contributed by atoms with Crippen LogP contribution in [0, 0.1) is 0 Å². The smallest absolute Gasteiger partial charge is 0.260 e. The van der Waals surface area contributed by atoms with Crippen LogP contribution in [0.1, 0.15) is 6.92 Å². The number of primary amides is 1. The van der Waals surface area contributed by atoms with Crippen molar-refractivity contribution in [3.05, 3.63) is 24.3 Å². The van der Waals surface area contributed by atoms with Crippen molar-refractivity contribution in [3.8, 4) is 5.75 Å². The second kappa shape index (κ2) is 4.49. The third-order valence-corrected chi connectivity index (χ3v) is 4.50. The minimum absolute atomic E-state index is 0.0488. The number of nitrogens with zero attached hydrogens (tertiary/aromatic N) is 1. The average molecular weight is 270 g/mol. The van der Waals surface area contributed by atoms with Crippen molar-refractivity contribution in [1.82, 2.24) is 0 Å². The van der Waals surface area contributed by atoms with Crippen molar-refractivity contribution in [3.63, 3.8) is 0 Å². The molecule has 0 fully saturated rings. The summed E-state index contributed by atoms with van der Waals surface area (Å²) in [5, 5.41) is 0. The minimum Gasteiger partial charge on any atom is -0.476 e. The lowest BCUT2D eigenvalue weighted by Gasteiger charge is -2.33. The third-order valence-electron chi connectivity index (χ3n) is 2.75. The summed E-state index contributed by atoms with van der Waals surface area (Å²) in [6.07, 6.45) is -0.957. The molecule has 98 valence electrons. The second-order valence-electron chi connectivity index (χ2n) is 3.91. The highest BCUT2D eigenvalue weighted by Crippen LogP contribution is 2.34. The number of fused-ring (bicyclic) bond motifs is 1. The molecule has 1 heterocycles. The summed E-state index contributed by atoms with van der Waals surface area (Å²) >= 11 is 0. The topological polar surface area (TPSA) is 89.7 Å². The molecule has 7 heteroatoms. The molecule has 2 rings (SSSR count). The summed E-state index contributed by atoms with van der Waals surface area (Å²) in [4.78, 5) is 11.2. The van der Waals surface area contributed by atoms with Crippen LogP contribution < -0.4 is 14.8 Å². The monoisotopic (exact) mass is 270 g/mol. The number of sulfonamides is 1. The number of carbonyl (C=O) groups is 1. The molecule has 6 nitrogen and oxygen atoms in total. The zero-order valence-corrected chi connectivity index (χ0v) is 10.7. The van der Waals surface area contributed by atoms with Crippen LogP contribution in [-0.4, -0.2) is 32.7 Å². The summed E-state index contributed by atoms with van der Waals surface area (Å²) in [5.41, 5.74) is 5.63. The fourth-order valence-electron chi connectivity index (χ4n) is 1.77. The molecule has 1 aromatic carbocycles. The van der Waals surface area contributed by atoms with Crippen molar-refractivity contribution in [2.24, 2.45) is 5.73 Å². The van der Waals surface area contributed by atoms with Gasteiger partial charge in [0, 0.05) is 0 Å². The van der Waals surface area contributed by atoms with E-state index in [2.05, 4.69) is 0 Å². The maximum Gasteiger partial charge on any atom is 0.260 e. The van der Waals surface area contributed by atoms with Crippen LogP contribution in [0.25, 0.3) is 0 Å². The Morgan fingerprint density at radius 2 is 2.17 bits per heavy atom. The summed E-state index contributed by atoms with van der Waals surface area (Å²) in [6, 6.07) is 6.67. The first-order valence-electron chi connectivity index (χ1n) is 5.51. The van der Waals surface area contributed by atoms with Gasteiger partial charge in [0.25, 0.3) is 5.91 Å². The second-order valence-corrected chi connectivity index (χ2v) is 6.09. The Hall–Kier alpha value is -1.76. The third kappa shape index (κ3) is 2.13. The minimum atomic E-state index is -3.46. The molecule has 1 atom stereocenters. The average Bonchev–Trinajstić information content (AvgIpc) is 2.37. The van der Waals surface area contributed by atoms with Crippen molar-refractivity contribution in [2.45, 2.75) is 13.0 Å². The van der Waals surface area contributed by atoms with E-state index < -0.39 is 22.0 Å². The highest BCUT2D eigenvalue weighted by Gasteiger charge is 2.34. The molecule has 0 bridgehead atoms. The largest absolute Gasteiger partial charge is 0.476 e. The number of hydrogen-bond acceptors (Lipinski definition) is 4. The molecule has 18 heavy (non-hydrogen) atoms. The molecule has 0 saturated heterocycles. The number of para-hydroxylation sites is 2. The number of hydrogen-bond donors (Lipinski definition) is 1. The number of anilines is 1. The lowest BCUT2D eigenvalue weighted by Crippen LogP contribution is -2.49. The van der Waals surface area contributed by atoms with E-state index in [-0.39, 0.29) is 12.3 Å². The first-order valence-corrected chi connectivity index (χ1v) is 7.12. The molecule has 0 radical (unpaired) electrons. The molecule has 1 aromatic rings. The molecule has 2 N–H and O–H groups in total. The van der Waals surface area contributed by atoms with E-state index in [1.807, 2.05) is 0 Å². The summed E-state index contributed by atoms with van der Waals surface area (Å²) in [7, 11) is -3.46. The first-order chi connectivity index (χ1) is 8.45. The van der Waals surface area contributed by atoms with Crippen LogP contribution in [0.5, 0.6) is 5.75 Å². The molecule has 0 aliphatic carbocycles. The van der Waals surface area contributed by atoms with Crippen LogP contribution in [0.4, 0.5) is 5.69 Å². The molecule has 0 saturated carbocycles. The maximum atomic E-state index is 12.0. The number of benzene rings is 1. The Morgan fingerprint density at radius 3 is 2.78 bits per heavy atom. The quantitative estimate of drug-likeness (QED) is 0.842. The fraction of sp³-hybridized carbons (Fsp3) is 0.364.